The molecule has 2 rings (SSSR count). The fourth-order valence-corrected chi connectivity index (χ4v) is 5.23. The summed E-state index contributed by atoms with van der Waals surface area (Å²) in [5.74, 6) is -3.50. The van der Waals surface area contributed by atoms with E-state index in [0.717, 1.165) is 0 Å². The molecule has 1 aromatic carbocycles. The molecule has 0 atom stereocenters. The van der Waals surface area contributed by atoms with E-state index >= 15 is 0 Å². The number of carboxylic acid groups (broad SMARTS) is 1. The fraction of sp³-hybridized carbons (Fsp3) is 0.583. The minimum atomic E-state index is -0.912. The lowest BCUT2D eigenvalue weighted by molar-refractivity contribution is -0.177. The number of benzene rings is 1. The zero-order chi connectivity index (χ0) is 27.5. The van der Waals surface area contributed by atoms with Crippen molar-refractivity contribution in [3.05, 3.63) is 31.2 Å². The maximum absolute atomic E-state index is 12.5. The van der Waals surface area contributed by atoms with E-state index in [2.05, 4.69) is 0 Å². The standard InChI is InChI=1S/C16H15Cl4NO4.C8H16O2/c1-5(2)7(6(3)4)16(24)25-21-14(22)8-9(15(21)23)11(18)13(20)12(19)10(8)17;1-5(2)7(6(3)4)8(9)10/h5-7H,1-4H3;5-7H,1-4H3,(H,9,10). The van der Waals surface area contributed by atoms with E-state index in [1.54, 1.807) is 0 Å². The molecule has 1 heterocycles. The molecule has 0 aliphatic carbocycles. The van der Waals surface area contributed by atoms with Gasteiger partial charge in [0.15, 0.2) is 0 Å². The lowest BCUT2D eigenvalue weighted by atomic mass is 9.86. The van der Waals surface area contributed by atoms with E-state index in [-0.39, 0.29) is 60.8 Å². The van der Waals surface area contributed by atoms with Gasteiger partial charge in [0.05, 0.1) is 43.1 Å². The molecule has 11 heteroatoms. The maximum atomic E-state index is 12.5. The van der Waals surface area contributed by atoms with Gasteiger partial charge in [-0.2, -0.15) is 0 Å². The molecule has 1 aliphatic rings. The zero-order valence-electron chi connectivity index (χ0n) is 20.9. The van der Waals surface area contributed by atoms with Crippen LogP contribution >= 0.6 is 46.4 Å². The number of imide groups is 1. The van der Waals surface area contributed by atoms with Gasteiger partial charge in [0.25, 0.3) is 11.8 Å². The van der Waals surface area contributed by atoms with E-state index in [9.17, 15) is 19.2 Å². The molecule has 0 aromatic heterocycles. The zero-order valence-corrected chi connectivity index (χ0v) is 23.9. The highest BCUT2D eigenvalue weighted by Gasteiger charge is 2.45. The SMILES string of the molecule is CC(C)C(C(=O)O)C(C)C.CC(C)C(C(=O)ON1C(=O)c2c(Cl)c(Cl)c(Cl)c(Cl)c2C1=O)C(C)C. The van der Waals surface area contributed by atoms with E-state index in [0.29, 0.717) is 5.06 Å². The Morgan fingerprint density at radius 3 is 1.20 bits per heavy atom. The average molecular weight is 571 g/mol. The van der Waals surface area contributed by atoms with E-state index in [1.165, 1.54) is 0 Å². The number of nitrogens with zero attached hydrogens (tertiary/aromatic N) is 1. The average Bonchev–Trinajstić information content (AvgIpc) is 2.94. The summed E-state index contributed by atoms with van der Waals surface area (Å²) in [5.41, 5.74) is -0.464. The number of rotatable bonds is 7. The Morgan fingerprint density at radius 1 is 0.657 bits per heavy atom. The molecule has 0 saturated carbocycles. The van der Waals surface area contributed by atoms with Crippen LogP contribution in [0.2, 0.25) is 20.1 Å². The van der Waals surface area contributed by atoms with Crippen LogP contribution < -0.4 is 0 Å². The monoisotopic (exact) mass is 569 g/mol. The Labute approximate surface area is 225 Å². The van der Waals surface area contributed by atoms with Crippen molar-refractivity contribution in [2.75, 3.05) is 0 Å². The molecule has 0 unspecified atom stereocenters. The number of hydroxylamine groups is 2. The second kappa shape index (κ2) is 12.6. The Kier molecular flexibility index (Phi) is 11.4. The van der Waals surface area contributed by atoms with Crippen LogP contribution in [0.4, 0.5) is 0 Å². The molecule has 0 saturated heterocycles. The largest absolute Gasteiger partial charge is 0.481 e. The Balaban J connectivity index is 0.000000518. The van der Waals surface area contributed by atoms with E-state index < -0.39 is 29.7 Å². The number of aliphatic carboxylic acids is 1. The van der Waals surface area contributed by atoms with Crippen LogP contribution in [0.25, 0.3) is 0 Å². The molecule has 0 radical (unpaired) electrons. The summed E-state index contributed by atoms with van der Waals surface area (Å²) >= 11 is 23.9. The quantitative estimate of drug-likeness (QED) is 0.210. The number of hydrogen-bond donors (Lipinski definition) is 1. The van der Waals surface area contributed by atoms with Crippen LogP contribution in [0.3, 0.4) is 0 Å². The van der Waals surface area contributed by atoms with Crippen LogP contribution in [-0.2, 0) is 14.4 Å². The second-order valence-electron chi connectivity index (χ2n) is 9.69. The van der Waals surface area contributed by atoms with Crippen molar-refractivity contribution >= 4 is 70.2 Å². The molecule has 2 amide bonds. The van der Waals surface area contributed by atoms with Crippen molar-refractivity contribution < 1.29 is 29.1 Å². The third kappa shape index (κ3) is 6.82. The van der Waals surface area contributed by atoms with Gasteiger partial charge in [0.1, 0.15) is 0 Å². The highest BCUT2D eigenvalue weighted by atomic mass is 35.5. The first kappa shape index (κ1) is 31.5. The molecule has 0 bridgehead atoms. The molecule has 1 aromatic rings. The summed E-state index contributed by atoms with van der Waals surface area (Å²) in [4.78, 5) is 53.2. The molecule has 1 N–H and O–H groups in total. The summed E-state index contributed by atoms with van der Waals surface area (Å²) < 4.78 is 0. The molecule has 1 aliphatic heterocycles. The van der Waals surface area contributed by atoms with Crippen LogP contribution in [0.5, 0.6) is 0 Å². The normalized spacial score (nSPS) is 13.4. The van der Waals surface area contributed by atoms with Gasteiger partial charge in [-0.25, -0.2) is 4.79 Å². The van der Waals surface area contributed by atoms with Crippen molar-refractivity contribution in [1.82, 2.24) is 5.06 Å². The number of carbonyl (C=O) groups excluding carboxylic acids is 3. The number of amides is 2. The minimum absolute atomic E-state index is 0.0428. The predicted molar refractivity (Wildman–Crippen MR) is 137 cm³/mol. The first-order valence-electron chi connectivity index (χ1n) is 11.2. The number of carboxylic acids is 1. The molecule has 35 heavy (non-hydrogen) atoms. The van der Waals surface area contributed by atoms with Crippen molar-refractivity contribution in [3.8, 4) is 0 Å². The van der Waals surface area contributed by atoms with Crippen LogP contribution in [0.15, 0.2) is 0 Å². The number of fused-ring (bicyclic) bond motifs is 1. The number of carbonyl (C=O) groups is 4. The summed E-state index contributed by atoms with van der Waals surface area (Å²) in [6, 6.07) is 0. The van der Waals surface area contributed by atoms with Gasteiger partial charge in [0.2, 0.25) is 0 Å². The van der Waals surface area contributed by atoms with Crippen LogP contribution in [0, 0.1) is 35.5 Å². The molecular weight excluding hydrogens is 540 g/mol. The lowest BCUT2D eigenvalue weighted by Gasteiger charge is -2.24. The van der Waals surface area contributed by atoms with Crippen molar-refractivity contribution in [3.63, 3.8) is 0 Å². The van der Waals surface area contributed by atoms with Gasteiger partial charge in [-0.1, -0.05) is 107 Å². The molecule has 0 spiro atoms. The van der Waals surface area contributed by atoms with E-state index in [1.807, 2.05) is 55.4 Å². The van der Waals surface area contributed by atoms with Crippen molar-refractivity contribution in [1.29, 1.82) is 0 Å². The van der Waals surface area contributed by atoms with Gasteiger partial charge in [-0.3, -0.25) is 14.4 Å². The minimum Gasteiger partial charge on any atom is -0.481 e. The summed E-state index contributed by atoms with van der Waals surface area (Å²) in [7, 11) is 0. The molecule has 7 nitrogen and oxygen atoms in total. The van der Waals surface area contributed by atoms with Crippen LogP contribution in [0.1, 0.15) is 76.1 Å². The summed E-state index contributed by atoms with van der Waals surface area (Å²) in [6.45, 7) is 15.2. The third-order valence-corrected chi connectivity index (χ3v) is 7.48. The molecule has 0 fully saturated rings. The van der Waals surface area contributed by atoms with Crippen molar-refractivity contribution in [2.45, 2.75) is 55.4 Å². The second-order valence-corrected chi connectivity index (χ2v) is 11.2. The van der Waals surface area contributed by atoms with Gasteiger partial charge < -0.3 is 9.94 Å². The Bertz CT molecular complexity index is 943. The lowest BCUT2D eigenvalue weighted by Crippen LogP contribution is -2.38. The summed E-state index contributed by atoms with van der Waals surface area (Å²) in [5, 5.41) is 8.34. The van der Waals surface area contributed by atoms with E-state index in [4.69, 9.17) is 56.3 Å². The highest BCUT2D eigenvalue weighted by Crippen LogP contribution is 2.45. The first-order valence-corrected chi connectivity index (χ1v) is 12.7. The highest BCUT2D eigenvalue weighted by molar-refractivity contribution is 6.55. The summed E-state index contributed by atoms with van der Waals surface area (Å²) in [6.07, 6.45) is 0. The predicted octanol–water partition coefficient (Wildman–Crippen LogP) is 7.28. The van der Waals surface area contributed by atoms with Gasteiger partial charge in [0, 0.05) is 0 Å². The molecular formula is C24H31Cl4NO6. The maximum Gasteiger partial charge on any atom is 0.336 e. The topological polar surface area (TPSA) is 101 Å². The number of halogens is 4. The fourth-order valence-electron chi connectivity index (χ4n) is 4.22. The first-order chi connectivity index (χ1) is 16.0. The number of hydrogen-bond acceptors (Lipinski definition) is 5. The van der Waals surface area contributed by atoms with Crippen molar-refractivity contribution in [2.24, 2.45) is 35.5 Å². The van der Waals surface area contributed by atoms with Gasteiger partial charge >= 0.3 is 11.9 Å². The molecule has 196 valence electrons. The Hall–Kier alpha value is -1.54. The van der Waals surface area contributed by atoms with Crippen LogP contribution in [-0.4, -0.2) is 33.9 Å². The van der Waals surface area contributed by atoms with Gasteiger partial charge in [-0.05, 0) is 23.7 Å². The van der Waals surface area contributed by atoms with Gasteiger partial charge in [-0.15, -0.1) is 0 Å². The third-order valence-electron chi connectivity index (χ3n) is 5.68. The smallest absolute Gasteiger partial charge is 0.336 e. The Morgan fingerprint density at radius 2 is 0.971 bits per heavy atom.